The number of primary amides is 1. The average molecular weight is 533 g/mol. The lowest BCUT2D eigenvalue weighted by atomic mass is 9.99. The summed E-state index contributed by atoms with van der Waals surface area (Å²) in [6.07, 6.45) is 0. The number of amides is 3. The molecule has 0 saturated carbocycles. The van der Waals surface area contributed by atoms with Gasteiger partial charge < -0.3 is 30.9 Å². The highest BCUT2D eigenvalue weighted by Crippen LogP contribution is 2.26. The van der Waals surface area contributed by atoms with Gasteiger partial charge in [-0.15, -0.1) is 0 Å². The second-order valence-electron chi connectivity index (χ2n) is 10.0. The molecule has 1 aliphatic heterocycles. The largest absolute Gasteiger partial charge is 0.378 e. The maximum Gasteiger partial charge on any atom is 0.323 e. The van der Waals surface area contributed by atoms with E-state index in [4.69, 9.17) is 15.5 Å². The van der Waals surface area contributed by atoms with E-state index in [1.54, 1.807) is 30.3 Å². The van der Waals surface area contributed by atoms with Crippen molar-refractivity contribution in [2.24, 2.45) is 5.73 Å². The standard InChI is InChI=1S/C28H36N8O3/c1-17(2)25-32-26(34-27(33-25)36-12-14-39-15-13-36)19-6-8-20(9-7-19)30-28(38)31-21-10-11-22(24(29)37)23(16-21)18(3)35(4)5/h6-11,16-18H,12-15H2,1-5H3,(H2,29,37)(H2,30,31,38). The number of hydrogen-bond donors (Lipinski definition) is 3. The first kappa shape index (κ1) is 27.9. The van der Waals surface area contributed by atoms with E-state index in [2.05, 4.69) is 39.3 Å². The molecule has 2 aromatic carbocycles. The number of anilines is 3. The zero-order valence-corrected chi connectivity index (χ0v) is 23.1. The van der Waals surface area contributed by atoms with Crippen molar-refractivity contribution >= 4 is 29.3 Å². The molecule has 0 aliphatic carbocycles. The van der Waals surface area contributed by atoms with E-state index in [-0.39, 0.29) is 12.0 Å². The van der Waals surface area contributed by atoms with Crippen molar-refractivity contribution in [3.05, 3.63) is 59.4 Å². The van der Waals surface area contributed by atoms with Crippen molar-refractivity contribution in [3.63, 3.8) is 0 Å². The van der Waals surface area contributed by atoms with Gasteiger partial charge in [0.25, 0.3) is 0 Å². The number of carbonyl (C=O) groups is 2. The summed E-state index contributed by atoms with van der Waals surface area (Å²) in [6.45, 7) is 8.84. The van der Waals surface area contributed by atoms with Crippen LogP contribution in [0.1, 0.15) is 54.5 Å². The topological polar surface area (TPSA) is 139 Å². The zero-order chi connectivity index (χ0) is 28.1. The number of carbonyl (C=O) groups excluding carboxylic acids is 2. The maximum absolute atomic E-state index is 12.7. The lowest BCUT2D eigenvalue weighted by molar-refractivity contribution is 0.0997. The number of nitrogens with two attached hydrogens (primary N) is 1. The van der Waals surface area contributed by atoms with Gasteiger partial charge in [0.2, 0.25) is 11.9 Å². The lowest BCUT2D eigenvalue weighted by Crippen LogP contribution is -2.37. The van der Waals surface area contributed by atoms with Crippen LogP contribution >= 0.6 is 0 Å². The number of rotatable bonds is 8. The van der Waals surface area contributed by atoms with Gasteiger partial charge in [-0.05, 0) is 69.0 Å². The molecule has 1 aliphatic rings. The number of hydrogen-bond acceptors (Lipinski definition) is 8. The molecule has 0 radical (unpaired) electrons. The van der Waals surface area contributed by atoms with Crippen LogP contribution in [-0.2, 0) is 4.74 Å². The molecule has 0 bridgehead atoms. The highest BCUT2D eigenvalue weighted by Gasteiger charge is 2.19. The maximum atomic E-state index is 12.7. The van der Waals surface area contributed by atoms with Crippen LogP contribution in [0.2, 0.25) is 0 Å². The monoisotopic (exact) mass is 532 g/mol. The molecule has 4 N–H and O–H groups in total. The molecule has 1 fully saturated rings. The van der Waals surface area contributed by atoms with Crippen LogP contribution in [0.15, 0.2) is 42.5 Å². The Bertz CT molecular complexity index is 1320. The summed E-state index contributed by atoms with van der Waals surface area (Å²) < 4.78 is 5.46. The van der Waals surface area contributed by atoms with Gasteiger partial charge in [-0.1, -0.05) is 13.8 Å². The number of benzene rings is 2. The molecule has 11 heteroatoms. The first-order chi connectivity index (χ1) is 18.6. The summed E-state index contributed by atoms with van der Waals surface area (Å²) in [7, 11) is 3.83. The van der Waals surface area contributed by atoms with Crippen LogP contribution < -0.4 is 21.3 Å². The SMILES string of the molecule is CC(C)c1nc(-c2ccc(NC(=O)Nc3ccc(C(N)=O)c(C(C)N(C)C)c3)cc2)nc(N2CCOCC2)n1. The first-order valence-corrected chi connectivity index (χ1v) is 13.0. The number of nitrogens with one attached hydrogen (secondary N) is 2. The van der Waals surface area contributed by atoms with Crippen LogP contribution in [0, 0.1) is 0 Å². The molecule has 1 saturated heterocycles. The number of urea groups is 1. The van der Waals surface area contributed by atoms with Crippen molar-refractivity contribution < 1.29 is 14.3 Å². The Morgan fingerprint density at radius 1 is 0.949 bits per heavy atom. The fraction of sp³-hybridized carbons (Fsp3) is 0.393. The van der Waals surface area contributed by atoms with Gasteiger partial charge >= 0.3 is 6.03 Å². The van der Waals surface area contributed by atoms with Crippen molar-refractivity contribution in [3.8, 4) is 11.4 Å². The summed E-state index contributed by atoms with van der Waals surface area (Å²) in [5, 5.41) is 5.67. The third kappa shape index (κ3) is 6.87. The van der Waals surface area contributed by atoms with Gasteiger partial charge in [-0.25, -0.2) is 9.78 Å². The highest BCUT2D eigenvalue weighted by atomic mass is 16.5. The van der Waals surface area contributed by atoms with E-state index in [9.17, 15) is 9.59 Å². The van der Waals surface area contributed by atoms with Crippen molar-refractivity contribution in [1.82, 2.24) is 19.9 Å². The highest BCUT2D eigenvalue weighted by molar-refractivity contribution is 6.01. The van der Waals surface area contributed by atoms with Gasteiger partial charge in [0.15, 0.2) is 5.82 Å². The molecule has 1 atom stereocenters. The molecule has 206 valence electrons. The third-order valence-corrected chi connectivity index (χ3v) is 6.65. The van der Waals surface area contributed by atoms with Crippen LogP contribution in [-0.4, -0.2) is 72.2 Å². The van der Waals surface area contributed by atoms with Crippen LogP contribution in [0.3, 0.4) is 0 Å². The molecule has 4 rings (SSSR count). The predicted molar refractivity (Wildman–Crippen MR) is 152 cm³/mol. The summed E-state index contributed by atoms with van der Waals surface area (Å²) in [5.41, 5.74) is 8.71. The van der Waals surface area contributed by atoms with E-state index in [0.717, 1.165) is 30.0 Å². The lowest BCUT2D eigenvalue weighted by Gasteiger charge is -2.27. The van der Waals surface area contributed by atoms with Crippen LogP contribution in [0.25, 0.3) is 11.4 Å². The van der Waals surface area contributed by atoms with E-state index in [1.807, 2.05) is 38.1 Å². The minimum atomic E-state index is -0.509. The van der Waals surface area contributed by atoms with Crippen LogP contribution in [0.5, 0.6) is 0 Å². The molecular weight excluding hydrogens is 496 g/mol. The van der Waals surface area contributed by atoms with E-state index in [0.29, 0.717) is 41.9 Å². The van der Waals surface area contributed by atoms with Crippen molar-refractivity contribution in [2.75, 3.05) is 55.9 Å². The fourth-order valence-electron chi connectivity index (χ4n) is 4.16. The third-order valence-electron chi connectivity index (χ3n) is 6.65. The van der Waals surface area contributed by atoms with Gasteiger partial charge in [-0.3, -0.25) is 4.79 Å². The first-order valence-electron chi connectivity index (χ1n) is 13.0. The zero-order valence-electron chi connectivity index (χ0n) is 23.1. The van der Waals surface area contributed by atoms with Gasteiger partial charge in [0.05, 0.1) is 13.2 Å². The van der Waals surface area contributed by atoms with Gasteiger partial charge in [0.1, 0.15) is 5.82 Å². The summed E-state index contributed by atoms with van der Waals surface area (Å²) in [5.74, 6) is 1.61. The average Bonchev–Trinajstić information content (AvgIpc) is 2.93. The molecular formula is C28H36N8O3. The Balaban J connectivity index is 1.49. The normalized spacial score (nSPS) is 14.4. The van der Waals surface area contributed by atoms with Crippen molar-refractivity contribution in [1.29, 1.82) is 0 Å². The number of aromatic nitrogens is 3. The minimum Gasteiger partial charge on any atom is -0.378 e. The quantitative estimate of drug-likeness (QED) is 0.397. The van der Waals surface area contributed by atoms with E-state index < -0.39 is 11.9 Å². The van der Waals surface area contributed by atoms with E-state index >= 15 is 0 Å². The number of ether oxygens (including phenoxy) is 1. The molecule has 2 heterocycles. The predicted octanol–water partition coefficient (Wildman–Crippen LogP) is 3.86. The Kier molecular flexibility index (Phi) is 8.72. The van der Waals surface area contributed by atoms with Crippen LogP contribution in [0.4, 0.5) is 22.1 Å². The minimum absolute atomic E-state index is 0.0692. The van der Waals surface area contributed by atoms with Gasteiger partial charge in [-0.2, -0.15) is 9.97 Å². The summed E-state index contributed by atoms with van der Waals surface area (Å²) in [6, 6.07) is 11.9. The van der Waals surface area contributed by atoms with Crippen molar-refractivity contribution in [2.45, 2.75) is 32.7 Å². The fourth-order valence-corrected chi connectivity index (χ4v) is 4.16. The molecule has 39 heavy (non-hydrogen) atoms. The number of nitrogens with zero attached hydrogens (tertiary/aromatic N) is 5. The van der Waals surface area contributed by atoms with E-state index in [1.165, 1.54) is 0 Å². The molecule has 11 nitrogen and oxygen atoms in total. The Hall–Kier alpha value is -4.09. The Morgan fingerprint density at radius 2 is 1.59 bits per heavy atom. The Labute approximate surface area is 228 Å². The molecule has 1 aromatic heterocycles. The summed E-state index contributed by atoms with van der Waals surface area (Å²) in [4.78, 5) is 42.8. The van der Waals surface area contributed by atoms with Gasteiger partial charge in [0, 0.05) is 47.6 Å². The molecule has 3 amide bonds. The second kappa shape index (κ2) is 12.2. The molecule has 0 spiro atoms. The Morgan fingerprint density at radius 3 is 2.21 bits per heavy atom. The molecule has 1 unspecified atom stereocenters. The summed E-state index contributed by atoms with van der Waals surface area (Å²) >= 11 is 0. The second-order valence-corrected chi connectivity index (χ2v) is 10.0. The number of morpholine rings is 1. The smallest absolute Gasteiger partial charge is 0.323 e. The molecule has 3 aromatic rings.